The molecular formula is C14H13FN2O. The molecule has 1 aromatic heterocycles. The summed E-state index contributed by atoms with van der Waals surface area (Å²) in [7, 11) is 0. The average Bonchev–Trinajstić information content (AvgIpc) is 2.98. The minimum absolute atomic E-state index is 0.0250. The van der Waals surface area contributed by atoms with E-state index >= 15 is 0 Å². The second-order valence-electron chi connectivity index (χ2n) is 4.47. The number of benzene rings is 1. The van der Waals surface area contributed by atoms with Crippen molar-refractivity contribution in [1.82, 2.24) is 4.90 Å². The molecule has 18 heavy (non-hydrogen) atoms. The molecule has 0 radical (unpaired) electrons. The summed E-state index contributed by atoms with van der Waals surface area (Å²) in [6.45, 7) is 2.60. The molecule has 1 unspecified atom stereocenters. The van der Waals surface area contributed by atoms with Gasteiger partial charge in [0.25, 0.3) is 0 Å². The van der Waals surface area contributed by atoms with Crippen LogP contribution < -0.4 is 0 Å². The van der Waals surface area contributed by atoms with E-state index in [2.05, 4.69) is 0 Å². The number of nitrogens with zero attached hydrogens (tertiary/aromatic N) is 1. The topological polar surface area (TPSA) is 40.2 Å². The fourth-order valence-electron chi connectivity index (χ4n) is 2.34. The zero-order valence-electron chi connectivity index (χ0n) is 9.98. The van der Waals surface area contributed by atoms with Gasteiger partial charge in [0, 0.05) is 12.1 Å². The van der Waals surface area contributed by atoms with Gasteiger partial charge < -0.3 is 9.32 Å². The van der Waals surface area contributed by atoms with Crippen LogP contribution in [0.4, 0.5) is 4.39 Å². The molecule has 1 aliphatic heterocycles. The predicted octanol–water partition coefficient (Wildman–Crippen LogP) is 3.32. The van der Waals surface area contributed by atoms with Crippen molar-refractivity contribution in [3.63, 3.8) is 0 Å². The molecular weight excluding hydrogens is 231 g/mol. The van der Waals surface area contributed by atoms with Crippen LogP contribution in [-0.4, -0.2) is 10.7 Å². The second-order valence-corrected chi connectivity index (χ2v) is 4.47. The SMILES string of the molecule is CC(c1ccco1)N1Cc2ccc(F)cc2C1=N. The maximum Gasteiger partial charge on any atom is 0.129 e. The van der Waals surface area contributed by atoms with Crippen molar-refractivity contribution in [3.8, 4) is 0 Å². The number of nitrogens with one attached hydrogen (secondary N) is 1. The highest BCUT2D eigenvalue weighted by atomic mass is 19.1. The largest absolute Gasteiger partial charge is 0.467 e. The van der Waals surface area contributed by atoms with E-state index in [9.17, 15) is 4.39 Å². The molecule has 0 spiro atoms. The van der Waals surface area contributed by atoms with Crippen LogP contribution in [0.1, 0.15) is 29.9 Å². The Balaban J connectivity index is 1.93. The van der Waals surface area contributed by atoms with E-state index in [1.54, 1.807) is 12.3 Å². The minimum atomic E-state index is -0.300. The molecule has 92 valence electrons. The zero-order valence-corrected chi connectivity index (χ0v) is 9.98. The van der Waals surface area contributed by atoms with E-state index < -0.39 is 0 Å². The summed E-state index contributed by atoms with van der Waals surface area (Å²) in [5.41, 5.74) is 1.66. The Kier molecular flexibility index (Phi) is 2.44. The van der Waals surface area contributed by atoms with Crippen molar-refractivity contribution < 1.29 is 8.81 Å². The smallest absolute Gasteiger partial charge is 0.129 e. The average molecular weight is 244 g/mol. The molecule has 3 rings (SSSR count). The number of fused-ring (bicyclic) bond motifs is 1. The first-order valence-electron chi connectivity index (χ1n) is 5.84. The number of hydrogen-bond donors (Lipinski definition) is 1. The molecule has 0 fully saturated rings. The van der Waals surface area contributed by atoms with E-state index in [1.165, 1.54) is 12.1 Å². The normalized spacial score (nSPS) is 15.9. The van der Waals surface area contributed by atoms with Crippen molar-refractivity contribution in [2.75, 3.05) is 0 Å². The lowest BCUT2D eigenvalue weighted by atomic mass is 10.1. The fraction of sp³-hybridized carbons (Fsp3) is 0.214. The third-order valence-electron chi connectivity index (χ3n) is 3.38. The Hall–Kier alpha value is -2.10. The summed E-state index contributed by atoms with van der Waals surface area (Å²) in [5.74, 6) is 0.868. The van der Waals surface area contributed by atoms with Crippen LogP contribution in [0, 0.1) is 11.2 Å². The molecule has 0 saturated carbocycles. The molecule has 2 heterocycles. The second kappa shape index (κ2) is 3.98. The quantitative estimate of drug-likeness (QED) is 0.880. The van der Waals surface area contributed by atoms with E-state index in [4.69, 9.17) is 9.83 Å². The Morgan fingerprint density at radius 1 is 1.39 bits per heavy atom. The van der Waals surface area contributed by atoms with Crippen LogP contribution in [0.5, 0.6) is 0 Å². The van der Waals surface area contributed by atoms with Gasteiger partial charge >= 0.3 is 0 Å². The minimum Gasteiger partial charge on any atom is -0.467 e. The molecule has 0 bridgehead atoms. The van der Waals surface area contributed by atoms with Crippen molar-refractivity contribution in [2.45, 2.75) is 19.5 Å². The van der Waals surface area contributed by atoms with Crippen LogP contribution in [0.25, 0.3) is 0 Å². The van der Waals surface area contributed by atoms with Crippen LogP contribution >= 0.6 is 0 Å². The third kappa shape index (κ3) is 1.61. The molecule has 2 aromatic rings. The molecule has 0 amide bonds. The van der Waals surface area contributed by atoms with Crippen LogP contribution in [0.15, 0.2) is 41.0 Å². The molecule has 0 saturated heterocycles. The first kappa shape index (κ1) is 11.0. The van der Waals surface area contributed by atoms with Gasteiger partial charge in [-0.1, -0.05) is 6.07 Å². The summed E-state index contributed by atoms with van der Waals surface area (Å²) in [6.07, 6.45) is 1.62. The Morgan fingerprint density at radius 3 is 2.94 bits per heavy atom. The Bertz CT molecular complexity index is 592. The maximum atomic E-state index is 13.2. The summed E-state index contributed by atoms with van der Waals surface area (Å²) < 4.78 is 18.6. The van der Waals surface area contributed by atoms with Gasteiger partial charge in [0.2, 0.25) is 0 Å². The molecule has 1 aromatic carbocycles. The Morgan fingerprint density at radius 2 is 2.22 bits per heavy atom. The molecule has 3 nitrogen and oxygen atoms in total. The summed E-state index contributed by atoms with van der Waals surface area (Å²) >= 11 is 0. The first-order valence-corrected chi connectivity index (χ1v) is 5.84. The van der Waals surface area contributed by atoms with Gasteiger partial charge in [-0.15, -0.1) is 0 Å². The highest BCUT2D eigenvalue weighted by Crippen LogP contribution is 2.31. The fourth-order valence-corrected chi connectivity index (χ4v) is 2.34. The van der Waals surface area contributed by atoms with Crippen molar-refractivity contribution in [3.05, 3.63) is 59.3 Å². The molecule has 1 atom stereocenters. The monoisotopic (exact) mass is 244 g/mol. The lowest BCUT2D eigenvalue weighted by molar-refractivity contribution is 0.294. The maximum absolute atomic E-state index is 13.2. The van der Waals surface area contributed by atoms with E-state index in [0.717, 1.165) is 11.3 Å². The van der Waals surface area contributed by atoms with E-state index in [-0.39, 0.29) is 11.9 Å². The third-order valence-corrected chi connectivity index (χ3v) is 3.38. The molecule has 0 aliphatic carbocycles. The van der Waals surface area contributed by atoms with Gasteiger partial charge in [-0.05, 0) is 36.8 Å². The van der Waals surface area contributed by atoms with Gasteiger partial charge in [-0.25, -0.2) is 4.39 Å². The van der Waals surface area contributed by atoms with Gasteiger partial charge in [0.1, 0.15) is 17.4 Å². The molecule has 4 heteroatoms. The van der Waals surface area contributed by atoms with Gasteiger partial charge in [0.05, 0.1) is 12.3 Å². The molecule has 1 N–H and O–H groups in total. The first-order chi connectivity index (χ1) is 8.66. The highest BCUT2D eigenvalue weighted by Gasteiger charge is 2.29. The lowest BCUT2D eigenvalue weighted by Gasteiger charge is -2.24. The number of amidine groups is 1. The van der Waals surface area contributed by atoms with Gasteiger partial charge in [0.15, 0.2) is 0 Å². The van der Waals surface area contributed by atoms with Crippen molar-refractivity contribution in [2.24, 2.45) is 0 Å². The van der Waals surface area contributed by atoms with Gasteiger partial charge in [-0.2, -0.15) is 0 Å². The summed E-state index contributed by atoms with van der Waals surface area (Å²) in [5, 5.41) is 8.13. The molecule has 1 aliphatic rings. The predicted molar refractivity (Wildman–Crippen MR) is 65.9 cm³/mol. The van der Waals surface area contributed by atoms with Gasteiger partial charge in [-0.3, -0.25) is 5.41 Å². The highest BCUT2D eigenvalue weighted by molar-refractivity contribution is 6.00. The number of halogens is 1. The van der Waals surface area contributed by atoms with Crippen LogP contribution in [0.3, 0.4) is 0 Å². The standard InChI is InChI=1S/C14H13FN2O/c1-9(13-3-2-6-18-13)17-8-10-4-5-11(15)7-12(10)14(17)16/h2-7,9,16H,8H2,1H3. The lowest BCUT2D eigenvalue weighted by Crippen LogP contribution is -2.27. The number of furan rings is 1. The van der Waals surface area contributed by atoms with Crippen LogP contribution in [-0.2, 0) is 6.54 Å². The number of rotatable bonds is 2. The van der Waals surface area contributed by atoms with Crippen molar-refractivity contribution in [1.29, 1.82) is 5.41 Å². The van der Waals surface area contributed by atoms with Crippen molar-refractivity contribution >= 4 is 5.84 Å². The summed E-state index contributed by atoms with van der Waals surface area (Å²) in [6, 6.07) is 8.30. The van der Waals surface area contributed by atoms with E-state index in [1.807, 2.05) is 24.0 Å². The number of hydrogen-bond acceptors (Lipinski definition) is 2. The van der Waals surface area contributed by atoms with E-state index in [0.29, 0.717) is 17.9 Å². The van der Waals surface area contributed by atoms with Crippen LogP contribution in [0.2, 0.25) is 0 Å². The summed E-state index contributed by atoms with van der Waals surface area (Å²) in [4.78, 5) is 1.91. The Labute approximate surface area is 104 Å². The zero-order chi connectivity index (χ0) is 12.7.